The number of pyridine rings is 1. The van der Waals surface area contributed by atoms with Crippen LogP contribution >= 0.6 is 0 Å². The van der Waals surface area contributed by atoms with E-state index in [9.17, 15) is 4.79 Å². The number of nitrogens with zero attached hydrogens (tertiary/aromatic N) is 2. The Morgan fingerprint density at radius 1 is 1.45 bits per heavy atom. The highest BCUT2D eigenvalue weighted by Gasteiger charge is 2.11. The van der Waals surface area contributed by atoms with E-state index < -0.39 is 0 Å². The summed E-state index contributed by atoms with van der Waals surface area (Å²) in [6.07, 6.45) is 6.68. The van der Waals surface area contributed by atoms with Crippen LogP contribution in [0.2, 0.25) is 0 Å². The van der Waals surface area contributed by atoms with Crippen molar-refractivity contribution in [2.45, 2.75) is 19.8 Å². The molecule has 0 unspecified atom stereocenters. The fourth-order valence-corrected chi connectivity index (χ4v) is 1.93. The molecule has 2 heterocycles. The molecule has 0 spiro atoms. The maximum absolute atomic E-state index is 12.0. The van der Waals surface area contributed by atoms with E-state index in [2.05, 4.69) is 20.5 Å². The summed E-state index contributed by atoms with van der Waals surface area (Å²) in [5.74, 6) is 0.337. The molecule has 2 rings (SSSR count). The number of rotatable bonds is 6. The molecule has 0 saturated carbocycles. The highest BCUT2D eigenvalue weighted by Crippen LogP contribution is 2.15. The molecule has 0 atom stereocenters. The monoisotopic (exact) mass is 274 g/mol. The zero-order valence-corrected chi connectivity index (χ0v) is 11.6. The van der Waals surface area contributed by atoms with Gasteiger partial charge in [-0.1, -0.05) is 0 Å². The van der Waals surface area contributed by atoms with Crippen molar-refractivity contribution >= 4 is 5.91 Å². The van der Waals surface area contributed by atoms with Gasteiger partial charge in [0.05, 0.1) is 25.1 Å². The fourth-order valence-electron chi connectivity index (χ4n) is 1.93. The standard InChI is InChI=1S/C14H18N4O2/c1-10-11(8-17-18-10)4-3-6-16-14(19)12-5-7-15-9-13(12)20-2/h5,7-9H,3-4,6H2,1-2H3,(H,16,19)(H,17,18). The number of hydrogen-bond acceptors (Lipinski definition) is 4. The first-order valence-corrected chi connectivity index (χ1v) is 6.47. The molecule has 2 N–H and O–H groups in total. The average Bonchev–Trinajstić information content (AvgIpc) is 2.88. The lowest BCUT2D eigenvalue weighted by atomic mass is 10.1. The quantitative estimate of drug-likeness (QED) is 0.782. The molecule has 1 amide bonds. The Labute approximate surface area is 117 Å². The second kappa shape index (κ2) is 6.70. The number of methoxy groups -OCH3 is 1. The van der Waals surface area contributed by atoms with E-state index in [1.54, 1.807) is 12.3 Å². The molecule has 0 aliphatic rings. The minimum atomic E-state index is -0.145. The number of H-pyrrole nitrogens is 1. The van der Waals surface area contributed by atoms with E-state index in [1.165, 1.54) is 18.9 Å². The van der Waals surface area contributed by atoms with Crippen molar-refractivity contribution in [3.05, 3.63) is 41.5 Å². The number of carbonyl (C=O) groups is 1. The lowest BCUT2D eigenvalue weighted by Gasteiger charge is -2.08. The summed E-state index contributed by atoms with van der Waals surface area (Å²) < 4.78 is 5.11. The lowest BCUT2D eigenvalue weighted by molar-refractivity contribution is 0.0950. The first-order chi connectivity index (χ1) is 9.72. The van der Waals surface area contributed by atoms with E-state index in [0.29, 0.717) is 17.9 Å². The second-order valence-corrected chi connectivity index (χ2v) is 4.46. The number of aryl methyl sites for hydroxylation is 2. The van der Waals surface area contributed by atoms with Gasteiger partial charge in [0.25, 0.3) is 5.91 Å². The molecule has 0 bridgehead atoms. The van der Waals surface area contributed by atoms with Crippen LogP contribution in [0.25, 0.3) is 0 Å². The van der Waals surface area contributed by atoms with Gasteiger partial charge in [0.15, 0.2) is 0 Å². The third kappa shape index (κ3) is 3.34. The van der Waals surface area contributed by atoms with Gasteiger partial charge in [-0.15, -0.1) is 0 Å². The topological polar surface area (TPSA) is 79.9 Å². The zero-order chi connectivity index (χ0) is 14.4. The van der Waals surface area contributed by atoms with Crippen molar-refractivity contribution in [3.8, 4) is 5.75 Å². The predicted molar refractivity (Wildman–Crippen MR) is 74.8 cm³/mol. The minimum Gasteiger partial charge on any atom is -0.494 e. The fraction of sp³-hybridized carbons (Fsp3) is 0.357. The van der Waals surface area contributed by atoms with Gasteiger partial charge in [0, 0.05) is 18.4 Å². The van der Waals surface area contributed by atoms with Crippen LogP contribution in [0.5, 0.6) is 5.75 Å². The summed E-state index contributed by atoms with van der Waals surface area (Å²) in [5, 5.41) is 9.75. The third-order valence-corrected chi connectivity index (χ3v) is 3.09. The number of amides is 1. The van der Waals surface area contributed by atoms with Crippen molar-refractivity contribution in [3.63, 3.8) is 0 Å². The summed E-state index contributed by atoms with van der Waals surface area (Å²) in [6.45, 7) is 2.59. The van der Waals surface area contributed by atoms with Gasteiger partial charge in [-0.2, -0.15) is 5.10 Å². The van der Waals surface area contributed by atoms with Crippen LogP contribution in [0.4, 0.5) is 0 Å². The van der Waals surface area contributed by atoms with E-state index in [-0.39, 0.29) is 5.91 Å². The van der Waals surface area contributed by atoms with Crippen LogP contribution in [0.15, 0.2) is 24.7 Å². The third-order valence-electron chi connectivity index (χ3n) is 3.09. The molecule has 106 valence electrons. The van der Waals surface area contributed by atoms with Gasteiger partial charge in [-0.3, -0.25) is 14.9 Å². The van der Waals surface area contributed by atoms with E-state index in [0.717, 1.165) is 18.5 Å². The first-order valence-electron chi connectivity index (χ1n) is 6.47. The Kier molecular flexibility index (Phi) is 4.70. The Morgan fingerprint density at radius 2 is 2.30 bits per heavy atom. The molecule has 20 heavy (non-hydrogen) atoms. The smallest absolute Gasteiger partial charge is 0.255 e. The van der Waals surface area contributed by atoms with Gasteiger partial charge < -0.3 is 10.1 Å². The molecule has 0 aliphatic carbocycles. The Bertz CT molecular complexity index is 580. The van der Waals surface area contributed by atoms with Crippen molar-refractivity contribution < 1.29 is 9.53 Å². The molecule has 0 aliphatic heterocycles. The van der Waals surface area contributed by atoms with Crippen LogP contribution in [-0.4, -0.2) is 34.7 Å². The second-order valence-electron chi connectivity index (χ2n) is 4.46. The zero-order valence-electron chi connectivity index (χ0n) is 11.6. The normalized spacial score (nSPS) is 10.3. The van der Waals surface area contributed by atoms with E-state index in [4.69, 9.17) is 4.74 Å². The van der Waals surface area contributed by atoms with Gasteiger partial charge in [-0.05, 0) is 31.4 Å². The van der Waals surface area contributed by atoms with Crippen molar-refractivity contribution in [2.75, 3.05) is 13.7 Å². The van der Waals surface area contributed by atoms with Crippen LogP contribution < -0.4 is 10.1 Å². The lowest BCUT2D eigenvalue weighted by Crippen LogP contribution is -2.25. The number of hydrogen-bond donors (Lipinski definition) is 2. The van der Waals surface area contributed by atoms with Gasteiger partial charge >= 0.3 is 0 Å². The number of nitrogens with one attached hydrogen (secondary N) is 2. The predicted octanol–water partition coefficient (Wildman–Crippen LogP) is 1.48. The van der Waals surface area contributed by atoms with Crippen molar-refractivity contribution in [1.29, 1.82) is 0 Å². The van der Waals surface area contributed by atoms with Crippen molar-refractivity contribution in [1.82, 2.24) is 20.5 Å². The summed E-state index contributed by atoms with van der Waals surface area (Å²) in [5.41, 5.74) is 2.76. The molecule has 0 radical (unpaired) electrons. The van der Waals surface area contributed by atoms with Crippen LogP contribution in [0.3, 0.4) is 0 Å². The Hall–Kier alpha value is -2.37. The Morgan fingerprint density at radius 3 is 3.00 bits per heavy atom. The van der Waals surface area contributed by atoms with Crippen LogP contribution in [0.1, 0.15) is 28.0 Å². The maximum Gasteiger partial charge on any atom is 0.255 e. The summed E-state index contributed by atoms with van der Waals surface area (Å²) >= 11 is 0. The van der Waals surface area contributed by atoms with Crippen LogP contribution in [0, 0.1) is 6.92 Å². The average molecular weight is 274 g/mol. The highest BCUT2D eigenvalue weighted by atomic mass is 16.5. The van der Waals surface area contributed by atoms with Crippen molar-refractivity contribution in [2.24, 2.45) is 0 Å². The number of aromatic amines is 1. The van der Waals surface area contributed by atoms with Gasteiger partial charge in [0.2, 0.25) is 0 Å². The SMILES string of the molecule is COc1cnccc1C(=O)NCCCc1cn[nH]c1C. The molecule has 2 aromatic heterocycles. The highest BCUT2D eigenvalue weighted by molar-refractivity contribution is 5.96. The van der Waals surface area contributed by atoms with E-state index in [1.807, 2.05) is 13.1 Å². The first kappa shape index (κ1) is 14.0. The molecular weight excluding hydrogens is 256 g/mol. The molecular formula is C14H18N4O2. The molecule has 6 heteroatoms. The summed E-state index contributed by atoms with van der Waals surface area (Å²) in [6, 6.07) is 1.65. The molecule has 0 saturated heterocycles. The van der Waals surface area contributed by atoms with Crippen LogP contribution in [-0.2, 0) is 6.42 Å². The number of ether oxygens (including phenoxy) is 1. The van der Waals surface area contributed by atoms with E-state index >= 15 is 0 Å². The number of carbonyl (C=O) groups excluding carboxylic acids is 1. The summed E-state index contributed by atoms with van der Waals surface area (Å²) in [7, 11) is 1.52. The molecule has 2 aromatic rings. The number of aromatic nitrogens is 3. The molecule has 0 fully saturated rings. The molecule has 0 aromatic carbocycles. The maximum atomic E-state index is 12.0. The summed E-state index contributed by atoms with van der Waals surface area (Å²) in [4.78, 5) is 15.9. The van der Waals surface area contributed by atoms with Gasteiger partial charge in [-0.25, -0.2) is 0 Å². The molecule has 6 nitrogen and oxygen atoms in total. The Balaban J connectivity index is 1.82. The largest absolute Gasteiger partial charge is 0.494 e. The minimum absolute atomic E-state index is 0.145. The van der Waals surface area contributed by atoms with Gasteiger partial charge in [0.1, 0.15) is 5.75 Å².